The third-order valence-corrected chi connectivity index (χ3v) is 6.69. The van der Waals surface area contributed by atoms with Gasteiger partial charge in [-0.1, -0.05) is 18.6 Å². The zero-order valence-corrected chi connectivity index (χ0v) is 20.0. The second-order valence-electron chi connectivity index (χ2n) is 9.20. The van der Waals surface area contributed by atoms with Crippen molar-refractivity contribution in [2.75, 3.05) is 31.1 Å². The van der Waals surface area contributed by atoms with Crippen LogP contribution in [0.1, 0.15) is 65.8 Å². The minimum atomic E-state index is -0.185. The van der Waals surface area contributed by atoms with Gasteiger partial charge in [0.05, 0.1) is 12.2 Å². The van der Waals surface area contributed by atoms with Gasteiger partial charge in [0, 0.05) is 30.3 Å². The summed E-state index contributed by atoms with van der Waals surface area (Å²) in [6.45, 7) is 6.80. The van der Waals surface area contributed by atoms with E-state index in [2.05, 4.69) is 17.1 Å². The maximum Gasteiger partial charge on any atom is 0.265 e. The van der Waals surface area contributed by atoms with Crippen molar-refractivity contribution in [1.29, 1.82) is 0 Å². The maximum absolute atomic E-state index is 12.7. The number of benzene rings is 2. The van der Waals surface area contributed by atoms with Gasteiger partial charge < -0.3 is 19.9 Å². The van der Waals surface area contributed by atoms with E-state index in [-0.39, 0.29) is 24.2 Å². The number of anilines is 1. The molecule has 7 heteroatoms. The Hall–Kier alpha value is -3.19. The van der Waals surface area contributed by atoms with Gasteiger partial charge >= 0.3 is 0 Å². The van der Waals surface area contributed by atoms with E-state index in [1.54, 1.807) is 29.2 Å². The van der Waals surface area contributed by atoms with Crippen LogP contribution in [0.25, 0.3) is 0 Å². The first kappa shape index (κ1) is 24.0. The van der Waals surface area contributed by atoms with E-state index < -0.39 is 0 Å². The Balaban J connectivity index is 1.38. The smallest absolute Gasteiger partial charge is 0.265 e. The SMILES string of the molecule is CC(=O)c1ccc2c(c1)N(Cc1cccc(C(=O)NCCCN3CCCCC3C)c1)C(=O)CO2. The van der Waals surface area contributed by atoms with Crippen LogP contribution >= 0.6 is 0 Å². The molecule has 0 saturated carbocycles. The molecule has 2 aliphatic rings. The first-order valence-corrected chi connectivity index (χ1v) is 12.1. The Morgan fingerprint density at radius 1 is 1.12 bits per heavy atom. The molecule has 180 valence electrons. The summed E-state index contributed by atoms with van der Waals surface area (Å²) in [5, 5.41) is 3.02. The lowest BCUT2D eigenvalue weighted by Crippen LogP contribution is -2.39. The molecule has 2 aromatic carbocycles. The number of hydrogen-bond donors (Lipinski definition) is 1. The highest BCUT2D eigenvalue weighted by atomic mass is 16.5. The molecule has 4 rings (SSSR count). The monoisotopic (exact) mass is 463 g/mol. The summed E-state index contributed by atoms with van der Waals surface area (Å²) in [6, 6.07) is 13.1. The highest BCUT2D eigenvalue weighted by molar-refractivity contribution is 6.01. The Bertz CT molecular complexity index is 1070. The molecule has 1 fully saturated rings. The maximum atomic E-state index is 12.7. The molecule has 2 amide bonds. The summed E-state index contributed by atoms with van der Waals surface area (Å²) in [6.07, 6.45) is 4.75. The zero-order valence-electron chi connectivity index (χ0n) is 20.0. The number of fused-ring (bicyclic) bond motifs is 1. The number of hydrogen-bond acceptors (Lipinski definition) is 5. The predicted molar refractivity (Wildman–Crippen MR) is 131 cm³/mol. The van der Waals surface area contributed by atoms with Crippen molar-refractivity contribution in [3.8, 4) is 5.75 Å². The summed E-state index contributed by atoms with van der Waals surface area (Å²) in [7, 11) is 0. The second kappa shape index (κ2) is 10.8. The van der Waals surface area contributed by atoms with Gasteiger partial charge in [-0.05, 0) is 75.5 Å². The van der Waals surface area contributed by atoms with Crippen molar-refractivity contribution < 1.29 is 19.1 Å². The number of nitrogens with zero attached hydrogens (tertiary/aromatic N) is 2. The van der Waals surface area contributed by atoms with E-state index in [9.17, 15) is 14.4 Å². The molecule has 0 aliphatic carbocycles. The van der Waals surface area contributed by atoms with Crippen LogP contribution in [0, 0.1) is 0 Å². The number of rotatable bonds is 8. The molecule has 0 bridgehead atoms. The second-order valence-corrected chi connectivity index (χ2v) is 9.20. The van der Waals surface area contributed by atoms with Crippen molar-refractivity contribution >= 4 is 23.3 Å². The molecule has 0 radical (unpaired) electrons. The van der Waals surface area contributed by atoms with Crippen molar-refractivity contribution in [1.82, 2.24) is 10.2 Å². The summed E-state index contributed by atoms with van der Waals surface area (Å²) in [4.78, 5) is 41.3. The molecule has 1 unspecified atom stereocenters. The lowest BCUT2D eigenvalue weighted by Gasteiger charge is -2.33. The van der Waals surface area contributed by atoms with Crippen LogP contribution in [-0.2, 0) is 11.3 Å². The molecule has 1 atom stereocenters. The predicted octanol–water partition coefficient (Wildman–Crippen LogP) is 3.81. The number of ketones is 1. The highest BCUT2D eigenvalue weighted by Crippen LogP contribution is 2.34. The highest BCUT2D eigenvalue weighted by Gasteiger charge is 2.26. The fourth-order valence-electron chi connectivity index (χ4n) is 4.66. The van der Waals surface area contributed by atoms with Crippen LogP contribution in [-0.4, -0.2) is 54.8 Å². The quantitative estimate of drug-likeness (QED) is 0.476. The average Bonchev–Trinajstić information content (AvgIpc) is 2.84. The average molecular weight is 464 g/mol. The number of nitrogens with one attached hydrogen (secondary N) is 1. The third kappa shape index (κ3) is 5.65. The molecule has 2 aromatic rings. The molecule has 1 N–H and O–H groups in total. The number of amides is 2. The molecule has 1 saturated heterocycles. The lowest BCUT2D eigenvalue weighted by molar-refractivity contribution is -0.121. The molecule has 0 spiro atoms. The van der Waals surface area contributed by atoms with Gasteiger partial charge in [-0.3, -0.25) is 14.4 Å². The van der Waals surface area contributed by atoms with Gasteiger partial charge in [-0.2, -0.15) is 0 Å². The van der Waals surface area contributed by atoms with E-state index in [1.165, 1.54) is 26.2 Å². The Labute approximate surface area is 201 Å². The topological polar surface area (TPSA) is 79.0 Å². The number of Topliss-reactive ketones (excluding diaryl/α,β-unsaturated/α-hetero) is 1. The van der Waals surface area contributed by atoms with Gasteiger partial charge in [0.1, 0.15) is 5.75 Å². The summed E-state index contributed by atoms with van der Waals surface area (Å²) in [5.74, 6) is 0.201. The lowest BCUT2D eigenvalue weighted by atomic mass is 10.0. The molecular formula is C27H33N3O4. The van der Waals surface area contributed by atoms with Gasteiger partial charge in [-0.25, -0.2) is 0 Å². The molecule has 7 nitrogen and oxygen atoms in total. The summed E-state index contributed by atoms with van der Waals surface area (Å²) >= 11 is 0. The zero-order chi connectivity index (χ0) is 24.1. The van der Waals surface area contributed by atoms with E-state index in [1.807, 2.05) is 18.2 Å². The molecular weight excluding hydrogens is 430 g/mol. The Kier molecular flexibility index (Phi) is 7.63. The van der Waals surface area contributed by atoms with Gasteiger partial charge in [-0.15, -0.1) is 0 Å². The number of ether oxygens (including phenoxy) is 1. The van der Waals surface area contributed by atoms with Crippen LogP contribution in [0.5, 0.6) is 5.75 Å². The van der Waals surface area contributed by atoms with Crippen LogP contribution in [0.3, 0.4) is 0 Å². The van der Waals surface area contributed by atoms with Crippen LogP contribution in [0.15, 0.2) is 42.5 Å². The van der Waals surface area contributed by atoms with E-state index >= 15 is 0 Å². The van der Waals surface area contributed by atoms with Crippen LogP contribution in [0.2, 0.25) is 0 Å². The summed E-state index contributed by atoms with van der Waals surface area (Å²) < 4.78 is 5.54. The fourth-order valence-corrected chi connectivity index (χ4v) is 4.66. The third-order valence-electron chi connectivity index (χ3n) is 6.69. The number of carbonyl (C=O) groups is 3. The van der Waals surface area contributed by atoms with Crippen molar-refractivity contribution in [2.45, 2.75) is 52.1 Å². The summed E-state index contributed by atoms with van der Waals surface area (Å²) in [5.41, 5.74) is 2.51. The van der Waals surface area contributed by atoms with Gasteiger partial charge in [0.15, 0.2) is 12.4 Å². The van der Waals surface area contributed by atoms with Crippen molar-refractivity contribution in [2.24, 2.45) is 0 Å². The minimum absolute atomic E-state index is 0.0533. The largest absolute Gasteiger partial charge is 0.482 e. The Morgan fingerprint density at radius 2 is 1.97 bits per heavy atom. The van der Waals surface area contributed by atoms with Gasteiger partial charge in [0.2, 0.25) is 0 Å². The van der Waals surface area contributed by atoms with E-state index in [0.29, 0.717) is 41.7 Å². The van der Waals surface area contributed by atoms with Gasteiger partial charge in [0.25, 0.3) is 11.8 Å². The minimum Gasteiger partial charge on any atom is -0.482 e. The number of piperidine rings is 1. The molecule has 0 aromatic heterocycles. The standard InChI is InChI=1S/C27H33N3O4/c1-19-7-3-4-13-29(19)14-6-12-28-27(33)23-9-5-8-21(15-23)17-30-24-16-22(20(2)31)10-11-25(24)34-18-26(30)32/h5,8-11,15-16,19H,3-4,6-7,12-14,17-18H2,1-2H3,(H,28,33). The fraction of sp³-hybridized carbons (Fsp3) is 0.444. The first-order chi connectivity index (χ1) is 16.4. The molecule has 34 heavy (non-hydrogen) atoms. The Morgan fingerprint density at radius 3 is 2.76 bits per heavy atom. The van der Waals surface area contributed by atoms with Crippen LogP contribution in [0.4, 0.5) is 5.69 Å². The first-order valence-electron chi connectivity index (χ1n) is 12.1. The van der Waals surface area contributed by atoms with Crippen molar-refractivity contribution in [3.05, 3.63) is 59.2 Å². The normalized spacial score (nSPS) is 18.2. The van der Waals surface area contributed by atoms with Crippen LogP contribution < -0.4 is 15.0 Å². The van der Waals surface area contributed by atoms with Crippen molar-refractivity contribution in [3.63, 3.8) is 0 Å². The number of likely N-dealkylation sites (tertiary alicyclic amines) is 1. The molecule has 2 heterocycles. The number of carbonyl (C=O) groups excluding carboxylic acids is 3. The molecule has 2 aliphatic heterocycles. The van der Waals surface area contributed by atoms with E-state index in [0.717, 1.165) is 25.1 Å². The van der Waals surface area contributed by atoms with E-state index in [4.69, 9.17) is 4.74 Å².